The molecular weight excluding hydrogens is 198 g/mol. The minimum atomic E-state index is 0.113. The van der Waals surface area contributed by atoms with Crippen molar-refractivity contribution in [2.75, 3.05) is 6.54 Å². The molecule has 0 bridgehead atoms. The Balaban J connectivity index is 1.81. The second kappa shape index (κ2) is 2.91. The molecule has 3 nitrogen and oxygen atoms in total. The van der Waals surface area contributed by atoms with Crippen LogP contribution < -0.4 is 5.32 Å². The van der Waals surface area contributed by atoms with Crippen molar-refractivity contribution in [3.8, 4) is 0 Å². The van der Waals surface area contributed by atoms with Gasteiger partial charge in [-0.15, -0.1) is 0 Å². The number of nitrogens with one attached hydrogen (secondary N) is 1. The smallest absolute Gasteiger partial charge is 0.145 e. The summed E-state index contributed by atoms with van der Waals surface area (Å²) in [6, 6.07) is 0.233. The Morgan fingerprint density at radius 2 is 2.21 bits per heavy atom. The molecule has 1 aliphatic carbocycles. The van der Waals surface area contributed by atoms with Crippen molar-refractivity contribution in [3.05, 3.63) is 23.2 Å². The van der Waals surface area contributed by atoms with Gasteiger partial charge >= 0.3 is 0 Å². The number of aromatic nitrogens is 2. The van der Waals surface area contributed by atoms with E-state index in [4.69, 9.17) is 13.0 Å². The lowest BCUT2D eigenvalue weighted by Gasteiger charge is -2.55. The minimum absolute atomic E-state index is 0.113. The van der Waals surface area contributed by atoms with E-state index < -0.39 is 0 Å². The molecule has 1 aromatic heterocycles. The van der Waals surface area contributed by atoms with Crippen molar-refractivity contribution in [1.29, 1.82) is 0 Å². The van der Waals surface area contributed by atoms with Gasteiger partial charge in [-0.05, 0) is 12.8 Å². The molecule has 1 N–H and O–H groups in total. The molecule has 1 atom stereocenters. The van der Waals surface area contributed by atoms with Gasteiger partial charge in [0.05, 0.1) is 11.1 Å². The fourth-order valence-electron chi connectivity index (χ4n) is 2.22. The average molecular weight is 211 g/mol. The molecule has 3 rings (SSSR count). The van der Waals surface area contributed by atoms with Gasteiger partial charge in [0.1, 0.15) is 5.82 Å². The number of hydrogen-bond acceptors (Lipinski definition) is 3. The summed E-state index contributed by atoms with van der Waals surface area (Å²) >= 11 is 5.74. The predicted molar refractivity (Wildman–Crippen MR) is 54.1 cm³/mol. The summed E-state index contributed by atoms with van der Waals surface area (Å²) < 4.78 is 7.60. The van der Waals surface area contributed by atoms with Gasteiger partial charge in [-0.1, -0.05) is 18.0 Å². The van der Waals surface area contributed by atoms with Crippen LogP contribution in [0.4, 0.5) is 0 Å². The molecule has 74 valence electrons. The zero-order valence-electron chi connectivity index (χ0n) is 8.70. The van der Waals surface area contributed by atoms with Crippen LogP contribution in [0.25, 0.3) is 0 Å². The summed E-state index contributed by atoms with van der Waals surface area (Å²) in [4.78, 5) is 8.47. The van der Waals surface area contributed by atoms with E-state index in [0.29, 0.717) is 5.02 Å². The number of halogens is 1. The van der Waals surface area contributed by atoms with E-state index in [-0.39, 0.29) is 17.9 Å². The molecule has 0 amide bonds. The second-order valence-electron chi connectivity index (χ2n) is 4.13. The van der Waals surface area contributed by atoms with Crippen molar-refractivity contribution in [1.82, 2.24) is 15.3 Å². The highest BCUT2D eigenvalue weighted by Crippen LogP contribution is 2.54. The van der Waals surface area contributed by atoms with Gasteiger partial charge in [0, 0.05) is 25.7 Å². The molecule has 2 heterocycles. The summed E-state index contributed by atoms with van der Waals surface area (Å²) in [7, 11) is 0. The van der Waals surface area contributed by atoms with Crippen LogP contribution in [0.15, 0.2) is 12.4 Å². The molecule has 1 spiro atoms. The Labute approximate surface area is 89.3 Å². The quantitative estimate of drug-likeness (QED) is 0.770. The predicted octanol–water partition coefficient (Wildman–Crippen LogP) is 1.94. The number of rotatable bonds is 1. The van der Waals surface area contributed by atoms with E-state index in [2.05, 4.69) is 15.3 Å². The lowest BCUT2D eigenvalue weighted by atomic mass is 9.59. The Bertz CT molecular complexity index is 375. The maximum atomic E-state index is 7.60. The van der Waals surface area contributed by atoms with Crippen molar-refractivity contribution in [3.63, 3.8) is 0 Å². The standard InChI is InChI=1S/C10H12ClN3/c11-7-4-12-9(13-5-7)8-10(6-14-8)2-1-3-10/h4-5,8,14H,1-3,6H2/i1D. The molecule has 2 aliphatic rings. The van der Waals surface area contributed by atoms with Crippen LogP contribution in [0.2, 0.25) is 5.02 Å². The van der Waals surface area contributed by atoms with Gasteiger partial charge in [-0.3, -0.25) is 0 Å². The lowest BCUT2D eigenvalue weighted by molar-refractivity contribution is -0.0100. The topological polar surface area (TPSA) is 37.8 Å². The van der Waals surface area contributed by atoms with Crippen molar-refractivity contribution in [2.45, 2.75) is 25.3 Å². The van der Waals surface area contributed by atoms with Crippen LogP contribution in [0, 0.1) is 5.41 Å². The third-order valence-electron chi connectivity index (χ3n) is 3.27. The molecule has 14 heavy (non-hydrogen) atoms. The number of hydrogen-bond donors (Lipinski definition) is 1. The highest BCUT2D eigenvalue weighted by atomic mass is 35.5. The molecule has 1 aromatic rings. The van der Waals surface area contributed by atoms with E-state index in [1.807, 2.05) is 0 Å². The lowest BCUT2D eigenvalue weighted by Crippen LogP contribution is -2.60. The molecule has 2 fully saturated rings. The summed E-state index contributed by atoms with van der Waals surface area (Å²) in [6.45, 7) is 0.999. The van der Waals surface area contributed by atoms with Crippen LogP contribution >= 0.6 is 11.6 Å². The third kappa shape index (κ3) is 1.09. The van der Waals surface area contributed by atoms with Crippen molar-refractivity contribution >= 4 is 11.6 Å². The highest BCUT2D eigenvalue weighted by molar-refractivity contribution is 6.30. The first-order valence-electron chi connectivity index (χ1n) is 5.40. The monoisotopic (exact) mass is 210 g/mol. The van der Waals surface area contributed by atoms with Crippen LogP contribution in [0.5, 0.6) is 0 Å². The van der Waals surface area contributed by atoms with Crippen LogP contribution in [0.3, 0.4) is 0 Å². The molecule has 1 aliphatic heterocycles. The fourth-order valence-corrected chi connectivity index (χ4v) is 2.32. The van der Waals surface area contributed by atoms with E-state index in [0.717, 1.165) is 25.2 Å². The van der Waals surface area contributed by atoms with Crippen LogP contribution in [-0.2, 0) is 0 Å². The minimum Gasteiger partial charge on any atom is -0.306 e. The van der Waals surface area contributed by atoms with Gasteiger partial charge in [-0.25, -0.2) is 9.97 Å². The number of nitrogens with zero attached hydrogens (tertiary/aromatic N) is 2. The summed E-state index contributed by atoms with van der Waals surface area (Å²) in [5, 5.41) is 3.91. The fraction of sp³-hybridized carbons (Fsp3) is 0.600. The van der Waals surface area contributed by atoms with Crippen molar-refractivity contribution in [2.24, 2.45) is 5.41 Å². The summed E-state index contributed by atoms with van der Waals surface area (Å²) in [5.74, 6) is 0.817. The molecule has 1 saturated heterocycles. The molecule has 1 saturated carbocycles. The highest BCUT2D eigenvalue weighted by Gasteiger charge is 2.52. The normalized spacial score (nSPS) is 41.4. The van der Waals surface area contributed by atoms with Gasteiger partial charge in [0.15, 0.2) is 0 Å². The molecular formula is C10H12ClN3. The molecule has 1 unspecified atom stereocenters. The summed E-state index contributed by atoms with van der Waals surface area (Å²) in [6.07, 6.45) is 5.32. The van der Waals surface area contributed by atoms with E-state index >= 15 is 0 Å². The zero-order valence-corrected chi connectivity index (χ0v) is 8.46. The van der Waals surface area contributed by atoms with Crippen LogP contribution in [-0.4, -0.2) is 16.5 Å². The van der Waals surface area contributed by atoms with Gasteiger partial charge in [0.25, 0.3) is 0 Å². The maximum Gasteiger partial charge on any atom is 0.145 e. The average Bonchev–Trinajstić information content (AvgIpc) is 2.14. The van der Waals surface area contributed by atoms with Crippen molar-refractivity contribution < 1.29 is 1.37 Å². The molecule has 0 aromatic carbocycles. The SMILES string of the molecule is [2H]C1CC2(CNC2c2ncc(Cl)cn2)C1. The largest absolute Gasteiger partial charge is 0.306 e. The van der Waals surface area contributed by atoms with Gasteiger partial charge in [-0.2, -0.15) is 0 Å². The van der Waals surface area contributed by atoms with Crippen LogP contribution in [0.1, 0.15) is 32.5 Å². The Hall–Kier alpha value is -0.670. The molecule has 4 heteroatoms. The molecule has 0 radical (unpaired) electrons. The van der Waals surface area contributed by atoms with E-state index in [1.54, 1.807) is 12.4 Å². The first-order valence-corrected chi connectivity index (χ1v) is 5.20. The Kier molecular flexibility index (Phi) is 1.58. The van der Waals surface area contributed by atoms with Gasteiger partial charge in [0.2, 0.25) is 0 Å². The third-order valence-corrected chi connectivity index (χ3v) is 3.47. The first-order chi connectivity index (χ1) is 7.20. The van der Waals surface area contributed by atoms with Gasteiger partial charge < -0.3 is 5.32 Å². The summed E-state index contributed by atoms with van der Waals surface area (Å²) in [5.41, 5.74) is 0.264. The Morgan fingerprint density at radius 3 is 2.71 bits per heavy atom. The second-order valence-corrected chi connectivity index (χ2v) is 4.57. The zero-order chi connectivity index (χ0) is 10.5. The maximum absolute atomic E-state index is 7.60. The van der Waals surface area contributed by atoms with E-state index in [9.17, 15) is 0 Å². The Morgan fingerprint density at radius 1 is 1.50 bits per heavy atom. The van der Waals surface area contributed by atoms with E-state index in [1.165, 1.54) is 0 Å². The first kappa shape index (κ1) is 7.60.